The van der Waals surface area contributed by atoms with Gasteiger partial charge in [0.05, 0.1) is 10.8 Å². The molecule has 0 saturated heterocycles. The first-order valence-electron chi connectivity index (χ1n) is 9.54. The maximum atomic E-state index is 12.5. The molecule has 0 saturated carbocycles. The molecule has 1 aliphatic carbocycles. The van der Waals surface area contributed by atoms with Gasteiger partial charge in [0.1, 0.15) is 11.1 Å². The minimum atomic E-state index is -0.336. The highest BCUT2D eigenvalue weighted by Gasteiger charge is 2.20. The van der Waals surface area contributed by atoms with Crippen molar-refractivity contribution < 1.29 is 4.79 Å². The molecule has 4 nitrogen and oxygen atoms in total. The molecule has 0 fully saturated rings. The molecule has 1 N–H and O–H groups in total. The molecule has 0 spiro atoms. The highest BCUT2D eigenvalue weighted by Crippen LogP contribution is 2.29. The Morgan fingerprint density at radius 2 is 1.89 bits per heavy atom. The first-order chi connectivity index (χ1) is 13.1. The Bertz CT molecular complexity index is 855. The van der Waals surface area contributed by atoms with Gasteiger partial charge in [-0.3, -0.25) is 4.79 Å². The summed E-state index contributed by atoms with van der Waals surface area (Å²) in [5, 5.41) is 12.8. The number of nitrogens with zero attached hydrogens (tertiary/aromatic N) is 2. The molecule has 3 rings (SSSR count). The second-order valence-electron chi connectivity index (χ2n) is 7.09. The van der Waals surface area contributed by atoms with Crippen LogP contribution in [0.5, 0.6) is 0 Å². The van der Waals surface area contributed by atoms with Gasteiger partial charge in [0, 0.05) is 11.4 Å². The van der Waals surface area contributed by atoms with Crippen molar-refractivity contribution in [1.82, 2.24) is 4.98 Å². The third-order valence-electron chi connectivity index (χ3n) is 4.86. The third kappa shape index (κ3) is 5.11. The maximum Gasteiger partial charge on any atom is 0.237 e. The SMILES string of the molecule is Cc1ccc(NC(=O)C(C)Sc2nc3c(cc2C#N)CCCCCC3)cc1. The molecule has 0 bridgehead atoms. The zero-order chi connectivity index (χ0) is 19.2. The zero-order valence-electron chi connectivity index (χ0n) is 15.9. The van der Waals surface area contributed by atoms with E-state index in [1.54, 1.807) is 0 Å². The van der Waals surface area contributed by atoms with Crippen LogP contribution in [-0.4, -0.2) is 16.1 Å². The first-order valence-corrected chi connectivity index (χ1v) is 10.4. The van der Waals surface area contributed by atoms with Gasteiger partial charge in [-0.15, -0.1) is 0 Å². The summed E-state index contributed by atoms with van der Waals surface area (Å²) in [5.74, 6) is -0.0821. The van der Waals surface area contributed by atoms with Crippen LogP contribution in [-0.2, 0) is 17.6 Å². The number of hydrogen-bond acceptors (Lipinski definition) is 4. The van der Waals surface area contributed by atoms with E-state index in [4.69, 9.17) is 4.98 Å². The van der Waals surface area contributed by atoms with Gasteiger partial charge in [-0.25, -0.2) is 4.98 Å². The lowest BCUT2D eigenvalue weighted by molar-refractivity contribution is -0.115. The molecule has 5 heteroatoms. The fraction of sp³-hybridized carbons (Fsp3) is 0.409. The molecule has 0 aliphatic heterocycles. The van der Waals surface area contributed by atoms with Crippen LogP contribution in [0.25, 0.3) is 0 Å². The molecule has 0 radical (unpaired) electrons. The van der Waals surface area contributed by atoms with Gasteiger partial charge in [-0.1, -0.05) is 42.3 Å². The zero-order valence-corrected chi connectivity index (χ0v) is 16.7. The number of rotatable bonds is 4. The molecule has 1 aromatic heterocycles. The quantitative estimate of drug-likeness (QED) is 0.756. The lowest BCUT2D eigenvalue weighted by Crippen LogP contribution is -2.22. The molecule has 1 aromatic carbocycles. The lowest BCUT2D eigenvalue weighted by Gasteiger charge is -2.17. The molecular formula is C22H25N3OS. The molecule has 27 heavy (non-hydrogen) atoms. The predicted molar refractivity (Wildman–Crippen MR) is 110 cm³/mol. The fourth-order valence-electron chi connectivity index (χ4n) is 3.24. The molecule has 1 atom stereocenters. The number of carbonyl (C=O) groups excluding carboxylic acids is 1. The van der Waals surface area contributed by atoms with Crippen molar-refractivity contribution in [1.29, 1.82) is 5.26 Å². The number of nitrogens with one attached hydrogen (secondary N) is 1. The number of fused-ring (bicyclic) bond motifs is 1. The molecule has 2 aromatic rings. The summed E-state index contributed by atoms with van der Waals surface area (Å²) >= 11 is 1.36. The Hall–Kier alpha value is -2.32. The molecular weight excluding hydrogens is 354 g/mol. The number of hydrogen-bond donors (Lipinski definition) is 1. The molecule has 140 valence electrons. The lowest BCUT2D eigenvalue weighted by atomic mass is 9.96. The number of anilines is 1. The van der Waals surface area contributed by atoms with Crippen LogP contribution in [0, 0.1) is 18.3 Å². The second kappa shape index (κ2) is 9.05. The summed E-state index contributed by atoms with van der Waals surface area (Å²) in [4.78, 5) is 17.3. The Balaban J connectivity index is 1.75. The van der Waals surface area contributed by atoms with E-state index in [0.29, 0.717) is 10.6 Å². The van der Waals surface area contributed by atoms with Gasteiger partial charge < -0.3 is 5.32 Å². The average molecular weight is 380 g/mol. The highest BCUT2D eigenvalue weighted by molar-refractivity contribution is 8.00. The Kier molecular flexibility index (Phi) is 6.52. The van der Waals surface area contributed by atoms with Crippen LogP contribution in [0.3, 0.4) is 0 Å². The van der Waals surface area contributed by atoms with Crippen molar-refractivity contribution in [2.24, 2.45) is 0 Å². The van der Waals surface area contributed by atoms with Gasteiger partial charge in [0.25, 0.3) is 0 Å². The van der Waals surface area contributed by atoms with Crippen LogP contribution in [0.1, 0.15) is 55.0 Å². The molecule has 1 amide bonds. The van der Waals surface area contributed by atoms with Gasteiger partial charge in [0.2, 0.25) is 5.91 Å². The first kappa shape index (κ1) is 19.4. The van der Waals surface area contributed by atoms with Crippen molar-refractivity contribution >= 4 is 23.4 Å². The van der Waals surface area contributed by atoms with E-state index >= 15 is 0 Å². The molecule has 1 heterocycles. The van der Waals surface area contributed by atoms with Crippen molar-refractivity contribution in [2.75, 3.05) is 5.32 Å². The minimum absolute atomic E-state index is 0.0821. The minimum Gasteiger partial charge on any atom is -0.325 e. The van der Waals surface area contributed by atoms with Gasteiger partial charge in [-0.2, -0.15) is 5.26 Å². The maximum absolute atomic E-state index is 12.5. The van der Waals surface area contributed by atoms with E-state index in [1.165, 1.54) is 30.2 Å². The van der Waals surface area contributed by atoms with Gasteiger partial charge in [0.15, 0.2) is 0 Å². The normalized spacial score (nSPS) is 15.0. The number of benzene rings is 1. The third-order valence-corrected chi connectivity index (χ3v) is 5.97. The summed E-state index contributed by atoms with van der Waals surface area (Å²) in [6.07, 6.45) is 6.72. The highest BCUT2D eigenvalue weighted by atomic mass is 32.2. The summed E-state index contributed by atoms with van der Waals surface area (Å²) in [7, 11) is 0. The number of aromatic nitrogens is 1. The fourth-order valence-corrected chi connectivity index (χ4v) is 4.14. The number of aryl methyl sites for hydroxylation is 3. The Morgan fingerprint density at radius 3 is 2.59 bits per heavy atom. The van der Waals surface area contributed by atoms with Crippen molar-refractivity contribution in [3.63, 3.8) is 0 Å². The number of pyridine rings is 1. The van der Waals surface area contributed by atoms with E-state index in [1.807, 2.05) is 44.2 Å². The second-order valence-corrected chi connectivity index (χ2v) is 8.42. The van der Waals surface area contributed by atoms with Crippen LogP contribution in [0.15, 0.2) is 35.4 Å². The summed E-state index contributed by atoms with van der Waals surface area (Å²) in [6, 6.07) is 12.0. The summed E-state index contributed by atoms with van der Waals surface area (Å²) < 4.78 is 0. The van der Waals surface area contributed by atoms with Crippen LogP contribution in [0.2, 0.25) is 0 Å². The number of amides is 1. The van der Waals surface area contributed by atoms with Crippen molar-refractivity contribution in [2.45, 2.75) is 62.6 Å². The number of carbonyl (C=O) groups is 1. The smallest absolute Gasteiger partial charge is 0.237 e. The standard InChI is InChI=1S/C22H25N3OS/c1-15-9-11-19(12-10-15)24-21(26)16(2)27-22-18(14-23)13-17-7-5-3-4-6-8-20(17)25-22/h9-13,16H,3-8H2,1-2H3,(H,24,26). The predicted octanol–water partition coefficient (Wildman–Crippen LogP) is 5.04. The molecule has 1 unspecified atom stereocenters. The topological polar surface area (TPSA) is 65.8 Å². The average Bonchev–Trinajstić information content (AvgIpc) is 2.64. The van der Waals surface area contributed by atoms with Gasteiger partial charge >= 0.3 is 0 Å². The summed E-state index contributed by atoms with van der Waals surface area (Å²) in [6.45, 7) is 3.87. The van der Waals surface area contributed by atoms with E-state index in [-0.39, 0.29) is 11.2 Å². The van der Waals surface area contributed by atoms with Crippen LogP contribution in [0.4, 0.5) is 5.69 Å². The van der Waals surface area contributed by atoms with Crippen LogP contribution >= 0.6 is 11.8 Å². The monoisotopic (exact) mass is 379 g/mol. The largest absolute Gasteiger partial charge is 0.325 e. The molecule has 1 aliphatic rings. The van der Waals surface area contributed by atoms with Gasteiger partial charge in [-0.05, 0) is 63.3 Å². The number of nitriles is 1. The summed E-state index contributed by atoms with van der Waals surface area (Å²) in [5.41, 5.74) is 4.81. The van der Waals surface area contributed by atoms with E-state index < -0.39 is 0 Å². The Labute approximate surface area is 165 Å². The van der Waals surface area contributed by atoms with E-state index in [0.717, 1.165) is 42.6 Å². The number of thioether (sulfide) groups is 1. The van der Waals surface area contributed by atoms with Crippen molar-refractivity contribution in [3.8, 4) is 6.07 Å². The van der Waals surface area contributed by atoms with E-state index in [2.05, 4.69) is 11.4 Å². The van der Waals surface area contributed by atoms with E-state index in [9.17, 15) is 10.1 Å². The van der Waals surface area contributed by atoms with Crippen molar-refractivity contribution in [3.05, 3.63) is 52.7 Å². The Morgan fingerprint density at radius 1 is 1.19 bits per heavy atom. The van der Waals surface area contributed by atoms with Crippen LogP contribution < -0.4 is 5.32 Å².